The summed E-state index contributed by atoms with van der Waals surface area (Å²) in [5.74, 6) is -0.731. The van der Waals surface area contributed by atoms with Crippen molar-refractivity contribution in [3.63, 3.8) is 0 Å². The summed E-state index contributed by atoms with van der Waals surface area (Å²) >= 11 is 5.91. The molecule has 0 aromatic heterocycles. The van der Waals surface area contributed by atoms with Crippen LogP contribution in [-0.4, -0.2) is 37.0 Å². The van der Waals surface area contributed by atoms with Crippen molar-refractivity contribution < 1.29 is 9.18 Å². The Kier molecular flexibility index (Phi) is 5.94. The first-order valence-electron chi connectivity index (χ1n) is 8.48. The van der Waals surface area contributed by atoms with E-state index in [1.54, 1.807) is 42.6 Å². The van der Waals surface area contributed by atoms with Crippen LogP contribution in [0.4, 0.5) is 15.8 Å². The summed E-state index contributed by atoms with van der Waals surface area (Å²) in [6, 6.07) is 15.1. The molecular formula is C20H18ClFN4O. The van der Waals surface area contributed by atoms with Crippen LogP contribution in [0, 0.1) is 17.1 Å². The number of rotatable bonds is 4. The van der Waals surface area contributed by atoms with E-state index in [0.717, 1.165) is 18.8 Å². The van der Waals surface area contributed by atoms with Gasteiger partial charge in [0.05, 0.1) is 0 Å². The molecule has 7 heteroatoms. The Bertz CT molecular complexity index is 884. The summed E-state index contributed by atoms with van der Waals surface area (Å²) in [6.07, 6.45) is 1.59. The molecule has 1 amide bonds. The molecule has 1 saturated heterocycles. The van der Waals surface area contributed by atoms with E-state index >= 15 is 0 Å². The van der Waals surface area contributed by atoms with Crippen molar-refractivity contribution in [2.45, 2.75) is 0 Å². The van der Waals surface area contributed by atoms with Crippen molar-refractivity contribution in [2.24, 2.45) is 0 Å². The van der Waals surface area contributed by atoms with Crippen LogP contribution in [0.2, 0.25) is 5.02 Å². The normalized spacial score (nSPS) is 14.6. The molecule has 1 N–H and O–H groups in total. The van der Waals surface area contributed by atoms with Gasteiger partial charge >= 0.3 is 0 Å². The maximum absolute atomic E-state index is 13.0. The lowest BCUT2D eigenvalue weighted by Crippen LogP contribution is -2.44. The number of anilines is 2. The van der Waals surface area contributed by atoms with Crippen molar-refractivity contribution in [3.8, 4) is 6.07 Å². The van der Waals surface area contributed by atoms with E-state index < -0.39 is 5.91 Å². The van der Waals surface area contributed by atoms with Crippen LogP contribution in [0.15, 0.2) is 60.3 Å². The first-order valence-corrected chi connectivity index (χ1v) is 8.86. The summed E-state index contributed by atoms with van der Waals surface area (Å²) in [5, 5.41) is 12.5. The number of hydrogen-bond donors (Lipinski definition) is 1. The number of halogens is 2. The smallest absolute Gasteiger partial charge is 0.267 e. The Hall–Kier alpha value is -3.04. The Labute approximate surface area is 162 Å². The zero-order chi connectivity index (χ0) is 19.2. The number of carbonyl (C=O) groups is 1. The van der Waals surface area contributed by atoms with Crippen molar-refractivity contribution >= 4 is 28.9 Å². The number of benzene rings is 2. The van der Waals surface area contributed by atoms with Gasteiger partial charge in [0, 0.05) is 48.8 Å². The molecule has 2 aromatic rings. The summed E-state index contributed by atoms with van der Waals surface area (Å²) in [6.45, 7) is 2.76. The first-order chi connectivity index (χ1) is 13.0. The van der Waals surface area contributed by atoms with Gasteiger partial charge in [0.15, 0.2) is 0 Å². The Morgan fingerprint density at radius 3 is 2.48 bits per heavy atom. The molecule has 0 unspecified atom stereocenters. The predicted molar refractivity (Wildman–Crippen MR) is 104 cm³/mol. The van der Waals surface area contributed by atoms with Crippen LogP contribution in [0.1, 0.15) is 0 Å². The van der Waals surface area contributed by atoms with E-state index in [2.05, 4.69) is 10.2 Å². The molecule has 0 aliphatic carbocycles. The molecule has 138 valence electrons. The van der Waals surface area contributed by atoms with Gasteiger partial charge in [-0.25, -0.2) is 4.39 Å². The number of hydrogen-bond acceptors (Lipinski definition) is 4. The fourth-order valence-corrected chi connectivity index (χ4v) is 3.04. The number of nitrogens with one attached hydrogen (secondary N) is 1. The largest absolute Gasteiger partial charge is 0.373 e. The molecule has 1 aliphatic heterocycles. The average molecular weight is 385 g/mol. The van der Waals surface area contributed by atoms with E-state index in [-0.39, 0.29) is 11.4 Å². The molecule has 5 nitrogen and oxygen atoms in total. The summed E-state index contributed by atoms with van der Waals surface area (Å²) in [4.78, 5) is 16.4. The second-order valence-electron chi connectivity index (χ2n) is 6.12. The maximum atomic E-state index is 13.0. The van der Waals surface area contributed by atoms with Gasteiger partial charge in [-0.1, -0.05) is 17.7 Å². The van der Waals surface area contributed by atoms with Crippen LogP contribution < -0.4 is 10.2 Å². The highest BCUT2D eigenvalue weighted by Crippen LogP contribution is 2.18. The quantitative estimate of drug-likeness (QED) is 0.645. The second-order valence-corrected chi connectivity index (χ2v) is 6.55. The van der Waals surface area contributed by atoms with Crippen molar-refractivity contribution in [2.75, 3.05) is 36.4 Å². The van der Waals surface area contributed by atoms with Crippen molar-refractivity contribution in [1.82, 2.24) is 4.90 Å². The zero-order valence-corrected chi connectivity index (χ0v) is 15.3. The first kappa shape index (κ1) is 18.7. The van der Waals surface area contributed by atoms with Gasteiger partial charge in [0.2, 0.25) is 0 Å². The summed E-state index contributed by atoms with van der Waals surface area (Å²) in [7, 11) is 0. The zero-order valence-electron chi connectivity index (χ0n) is 14.5. The van der Waals surface area contributed by atoms with Crippen LogP contribution >= 0.6 is 11.6 Å². The van der Waals surface area contributed by atoms with Gasteiger partial charge in [-0.15, -0.1) is 0 Å². The fourth-order valence-electron chi connectivity index (χ4n) is 2.85. The Morgan fingerprint density at radius 1 is 1.15 bits per heavy atom. The number of nitriles is 1. The topological polar surface area (TPSA) is 59.4 Å². The minimum Gasteiger partial charge on any atom is -0.373 e. The highest BCUT2D eigenvalue weighted by molar-refractivity contribution is 6.31. The molecule has 0 saturated carbocycles. The van der Waals surface area contributed by atoms with Crippen molar-refractivity contribution in [3.05, 3.63) is 71.1 Å². The predicted octanol–water partition coefficient (Wildman–Crippen LogP) is 3.65. The molecule has 0 atom stereocenters. The minimum absolute atomic E-state index is 0.0326. The molecule has 0 radical (unpaired) electrons. The van der Waals surface area contributed by atoms with Gasteiger partial charge in [-0.05, 0) is 42.5 Å². The fraction of sp³-hybridized carbons (Fsp3) is 0.200. The number of nitrogens with zero attached hydrogens (tertiary/aromatic N) is 3. The van der Waals surface area contributed by atoms with Gasteiger partial charge in [0.25, 0.3) is 5.91 Å². The monoisotopic (exact) mass is 384 g/mol. The second kappa shape index (κ2) is 8.56. The number of piperazine rings is 1. The lowest BCUT2D eigenvalue weighted by Gasteiger charge is -2.35. The van der Waals surface area contributed by atoms with Crippen molar-refractivity contribution in [1.29, 1.82) is 5.26 Å². The lowest BCUT2D eigenvalue weighted by molar-refractivity contribution is -0.112. The van der Waals surface area contributed by atoms with E-state index in [1.807, 2.05) is 11.0 Å². The van der Waals surface area contributed by atoms with Gasteiger partial charge in [0.1, 0.15) is 17.5 Å². The number of carbonyl (C=O) groups excluding carboxylic acids is 1. The Morgan fingerprint density at radius 2 is 1.85 bits per heavy atom. The van der Waals surface area contributed by atoms with Crippen LogP contribution in [0.25, 0.3) is 0 Å². The van der Waals surface area contributed by atoms with E-state index in [4.69, 9.17) is 11.6 Å². The van der Waals surface area contributed by atoms with Gasteiger partial charge in [-0.2, -0.15) is 5.26 Å². The van der Waals surface area contributed by atoms with E-state index in [1.165, 1.54) is 12.1 Å². The number of amides is 1. The maximum Gasteiger partial charge on any atom is 0.267 e. The molecule has 1 aliphatic rings. The highest BCUT2D eigenvalue weighted by atomic mass is 35.5. The van der Waals surface area contributed by atoms with Gasteiger partial charge in [-0.3, -0.25) is 4.79 Å². The molecule has 1 fully saturated rings. The molecule has 0 bridgehead atoms. The molecular weight excluding hydrogens is 367 g/mol. The summed E-state index contributed by atoms with van der Waals surface area (Å²) < 4.78 is 13.0. The van der Waals surface area contributed by atoms with Crippen LogP contribution in [0.5, 0.6) is 0 Å². The molecule has 0 spiro atoms. The SMILES string of the molecule is N#C/C(=C/N1CCN(c2ccc(F)cc2)CC1)C(=O)Nc1cccc(Cl)c1. The molecule has 1 heterocycles. The third-order valence-electron chi connectivity index (χ3n) is 4.27. The molecule has 2 aromatic carbocycles. The van der Waals surface area contributed by atoms with Crippen LogP contribution in [0.3, 0.4) is 0 Å². The van der Waals surface area contributed by atoms with Crippen LogP contribution in [-0.2, 0) is 4.79 Å². The minimum atomic E-state index is -0.472. The molecule has 3 rings (SSSR count). The lowest BCUT2D eigenvalue weighted by atomic mass is 10.2. The van der Waals surface area contributed by atoms with Gasteiger partial charge < -0.3 is 15.1 Å². The Balaban J connectivity index is 1.60. The standard InChI is InChI=1S/C20H18ClFN4O/c21-16-2-1-3-18(12-16)24-20(27)15(13-23)14-25-8-10-26(11-9-25)19-6-4-17(22)5-7-19/h1-7,12,14H,8-11H2,(H,24,27)/b15-14-. The third kappa shape index (κ3) is 4.99. The molecule has 27 heavy (non-hydrogen) atoms. The highest BCUT2D eigenvalue weighted by Gasteiger charge is 2.18. The van der Waals surface area contributed by atoms with E-state index in [0.29, 0.717) is 23.8 Å². The average Bonchev–Trinajstić information content (AvgIpc) is 2.67. The summed E-state index contributed by atoms with van der Waals surface area (Å²) in [5.41, 5.74) is 1.53. The third-order valence-corrected chi connectivity index (χ3v) is 4.50. The van der Waals surface area contributed by atoms with E-state index in [9.17, 15) is 14.4 Å².